The number of benzene rings is 1. The minimum Gasteiger partial charge on any atom is -0.343 e. The first kappa shape index (κ1) is 16.7. The molecule has 2 aliphatic rings. The zero-order valence-corrected chi connectivity index (χ0v) is 15.1. The number of hydrogen-bond acceptors (Lipinski definition) is 6. The van der Waals surface area contributed by atoms with Gasteiger partial charge < -0.3 is 20.5 Å². The molecule has 1 aliphatic heterocycles. The molecule has 1 saturated heterocycles. The van der Waals surface area contributed by atoms with Gasteiger partial charge in [-0.3, -0.25) is 4.79 Å². The summed E-state index contributed by atoms with van der Waals surface area (Å²) in [4.78, 5) is 33.6. The van der Waals surface area contributed by atoms with Gasteiger partial charge >= 0.3 is 6.03 Å². The molecule has 3 heterocycles. The molecule has 0 atom stereocenters. The molecule has 0 bridgehead atoms. The molecule has 28 heavy (non-hydrogen) atoms. The van der Waals surface area contributed by atoms with Crippen molar-refractivity contribution in [3.05, 3.63) is 41.0 Å². The van der Waals surface area contributed by atoms with Crippen molar-refractivity contribution in [3.8, 4) is 0 Å². The van der Waals surface area contributed by atoms with Gasteiger partial charge in [0.05, 0.1) is 17.6 Å². The first-order valence-corrected chi connectivity index (χ1v) is 9.28. The smallest absolute Gasteiger partial charge is 0.317 e. The van der Waals surface area contributed by atoms with Crippen LogP contribution in [0.4, 0.5) is 4.79 Å². The van der Waals surface area contributed by atoms with E-state index in [-0.39, 0.29) is 30.1 Å². The molecule has 1 saturated carbocycles. The van der Waals surface area contributed by atoms with Gasteiger partial charge in [-0.05, 0) is 35.7 Å². The van der Waals surface area contributed by atoms with Crippen molar-refractivity contribution in [1.29, 1.82) is 0 Å². The molecule has 144 valence electrons. The highest BCUT2D eigenvalue weighted by atomic mass is 16.6. The Morgan fingerprint density at radius 2 is 2.21 bits per heavy atom. The molecule has 3 aromatic rings. The number of nitrogens with zero attached hydrogens (tertiary/aromatic N) is 4. The molecule has 5 rings (SSSR count). The summed E-state index contributed by atoms with van der Waals surface area (Å²) in [5.41, 5.74) is 3.58. The van der Waals surface area contributed by atoms with Gasteiger partial charge in [0, 0.05) is 25.6 Å². The maximum Gasteiger partial charge on any atom is 0.317 e. The van der Waals surface area contributed by atoms with E-state index in [1.165, 1.54) is 0 Å². The highest BCUT2D eigenvalue weighted by molar-refractivity contribution is 5.93. The number of amides is 3. The molecule has 10 heteroatoms. The van der Waals surface area contributed by atoms with Crippen LogP contribution in [0.3, 0.4) is 0 Å². The Labute approximate surface area is 159 Å². The van der Waals surface area contributed by atoms with Gasteiger partial charge in [-0.15, -0.1) is 0 Å². The molecule has 1 aromatic carbocycles. The van der Waals surface area contributed by atoms with Crippen molar-refractivity contribution < 1.29 is 14.2 Å². The topological polar surface area (TPSA) is 129 Å². The summed E-state index contributed by atoms with van der Waals surface area (Å²) in [7, 11) is 0. The number of nitrogens with one attached hydrogen (secondary N) is 3. The summed E-state index contributed by atoms with van der Waals surface area (Å²) >= 11 is 0. The number of rotatable bonds is 6. The third kappa shape index (κ3) is 3.17. The van der Waals surface area contributed by atoms with Gasteiger partial charge in [0.2, 0.25) is 0 Å². The van der Waals surface area contributed by atoms with Gasteiger partial charge in [0.25, 0.3) is 5.91 Å². The van der Waals surface area contributed by atoms with Crippen LogP contribution in [0.1, 0.15) is 46.3 Å². The number of aromatic amines is 1. The van der Waals surface area contributed by atoms with Crippen LogP contribution in [0.5, 0.6) is 0 Å². The van der Waals surface area contributed by atoms with Crippen molar-refractivity contribution in [1.82, 2.24) is 35.8 Å². The van der Waals surface area contributed by atoms with E-state index in [2.05, 4.69) is 30.9 Å². The number of aromatic nitrogens is 4. The Hall–Kier alpha value is -3.43. The van der Waals surface area contributed by atoms with Crippen LogP contribution in [0.2, 0.25) is 0 Å². The van der Waals surface area contributed by atoms with E-state index in [1.807, 2.05) is 18.2 Å². The third-order valence-electron chi connectivity index (χ3n) is 5.02. The fourth-order valence-electron chi connectivity index (χ4n) is 3.40. The fraction of sp³-hybridized carbons (Fsp3) is 0.389. The maximum atomic E-state index is 12.4. The number of imidazole rings is 1. The van der Waals surface area contributed by atoms with Crippen molar-refractivity contribution >= 4 is 23.0 Å². The number of carbonyl (C=O) groups excluding carboxylic acids is 2. The third-order valence-corrected chi connectivity index (χ3v) is 5.02. The second-order valence-corrected chi connectivity index (χ2v) is 7.14. The number of hydrogen-bond donors (Lipinski definition) is 3. The summed E-state index contributed by atoms with van der Waals surface area (Å²) in [6.45, 7) is 2.18. The van der Waals surface area contributed by atoms with Gasteiger partial charge in [-0.2, -0.15) is 0 Å². The molecule has 3 amide bonds. The van der Waals surface area contributed by atoms with Crippen LogP contribution >= 0.6 is 0 Å². The maximum absolute atomic E-state index is 12.4. The Bertz CT molecular complexity index is 1050. The van der Waals surface area contributed by atoms with Gasteiger partial charge in [0.1, 0.15) is 11.5 Å². The van der Waals surface area contributed by atoms with E-state index in [9.17, 15) is 9.59 Å². The Balaban J connectivity index is 1.26. The monoisotopic (exact) mass is 381 g/mol. The predicted octanol–water partition coefficient (Wildman–Crippen LogP) is 1.28. The van der Waals surface area contributed by atoms with E-state index >= 15 is 0 Å². The van der Waals surface area contributed by atoms with Crippen LogP contribution in [-0.4, -0.2) is 50.2 Å². The zero-order chi connectivity index (χ0) is 19.1. The van der Waals surface area contributed by atoms with Crippen molar-refractivity contribution in [3.63, 3.8) is 0 Å². The van der Waals surface area contributed by atoms with E-state index < -0.39 is 0 Å². The van der Waals surface area contributed by atoms with Crippen LogP contribution in [0, 0.1) is 0 Å². The highest BCUT2D eigenvalue weighted by Gasteiger charge is 2.33. The van der Waals surface area contributed by atoms with Crippen LogP contribution < -0.4 is 10.6 Å². The summed E-state index contributed by atoms with van der Waals surface area (Å²) in [5.74, 6) is 0.613. The quantitative estimate of drug-likeness (QED) is 0.590. The Morgan fingerprint density at radius 1 is 1.32 bits per heavy atom. The number of fused-ring (bicyclic) bond motifs is 1. The van der Waals surface area contributed by atoms with Crippen LogP contribution in [-0.2, 0) is 13.1 Å². The van der Waals surface area contributed by atoms with E-state index in [0.29, 0.717) is 31.2 Å². The normalized spacial score (nSPS) is 16.6. The second kappa shape index (κ2) is 6.63. The molecule has 2 aromatic heterocycles. The lowest BCUT2D eigenvalue weighted by Gasteiger charge is -2.13. The van der Waals surface area contributed by atoms with Crippen LogP contribution in [0.15, 0.2) is 22.8 Å². The lowest BCUT2D eigenvalue weighted by atomic mass is 10.2. The standard InChI is InChI=1S/C18H19N7O3/c26-17(16-15(11-2-3-11)23-28-24-16)20-8-14-21-12-4-1-10(7-13(12)22-14)9-25-6-5-19-18(25)27/h1,4,7,11H,2-3,5-6,8-9H2,(H,19,27)(H,20,26)(H,21,22). The second-order valence-electron chi connectivity index (χ2n) is 7.14. The van der Waals surface area contributed by atoms with Crippen molar-refractivity contribution in [2.24, 2.45) is 0 Å². The highest BCUT2D eigenvalue weighted by Crippen LogP contribution is 2.40. The van der Waals surface area contributed by atoms with Gasteiger partial charge in [0.15, 0.2) is 5.69 Å². The molecule has 1 aliphatic carbocycles. The minimum absolute atomic E-state index is 0.0407. The van der Waals surface area contributed by atoms with E-state index in [4.69, 9.17) is 4.63 Å². The Kier molecular flexibility index (Phi) is 3.96. The molecule has 10 nitrogen and oxygen atoms in total. The molecular formula is C18H19N7O3. The number of urea groups is 1. The van der Waals surface area contributed by atoms with Crippen molar-refractivity contribution in [2.45, 2.75) is 31.8 Å². The van der Waals surface area contributed by atoms with E-state index in [1.54, 1.807) is 4.90 Å². The average molecular weight is 381 g/mol. The molecule has 3 N–H and O–H groups in total. The molecule has 0 unspecified atom stereocenters. The van der Waals surface area contributed by atoms with Crippen LogP contribution in [0.25, 0.3) is 11.0 Å². The fourth-order valence-corrected chi connectivity index (χ4v) is 3.40. The SMILES string of the molecule is O=C(NCc1nc2ccc(CN3CCNC3=O)cc2[nH]1)c1nonc1C1CC1. The summed E-state index contributed by atoms with van der Waals surface area (Å²) in [5, 5.41) is 13.2. The molecule has 2 fully saturated rings. The molecular weight excluding hydrogens is 362 g/mol. The lowest BCUT2D eigenvalue weighted by Crippen LogP contribution is -2.27. The summed E-state index contributed by atoms with van der Waals surface area (Å²) in [6, 6.07) is 5.81. The first-order chi connectivity index (χ1) is 13.7. The number of H-pyrrole nitrogens is 1. The Morgan fingerprint density at radius 3 is 3.00 bits per heavy atom. The van der Waals surface area contributed by atoms with E-state index in [0.717, 1.165) is 29.4 Å². The largest absolute Gasteiger partial charge is 0.343 e. The van der Waals surface area contributed by atoms with Gasteiger partial charge in [-0.1, -0.05) is 11.2 Å². The molecule has 0 spiro atoms. The van der Waals surface area contributed by atoms with Gasteiger partial charge in [-0.25, -0.2) is 14.4 Å². The first-order valence-electron chi connectivity index (χ1n) is 9.28. The summed E-state index contributed by atoms with van der Waals surface area (Å²) in [6.07, 6.45) is 2.03. The van der Waals surface area contributed by atoms with Crippen molar-refractivity contribution in [2.75, 3.05) is 13.1 Å². The summed E-state index contributed by atoms with van der Waals surface area (Å²) < 4.78 is 4.73. The number of carbonyl (C=O) groups is 2. The zero-order valence-electron chi connectivity index (χ0n) is 15.1. The minimum atomic E-state index is -0.315. The average Bonchev–Trinajstić information content (AvgIpc) is 3.09. The molecule has 0 radical (unpaired) electrons. The lowest BCUT2D eigenvalue weighted by molar-refractivity contribution is 0.0939. The predicted molar refractivity (Wildman–Crippen MR) is 97.3 cm³/mol.